The molecular formula is C11H10F3N3OS. The molecule has 8 heteroatoms. The molecule has 102 valence electrons. The van der Waals surface area contributed by atoms with Crippen molar-refractivity contribution in [2.75, 3.05) is 6.61 Å². The Bertz CT molecular complexity index is 591. The molecule has 4 nitrogen and oxygen atoms in total. The molecule has 0 unspecified atom stereocenters. The number of ether oxygens (including phenoxy) is 1. The van der Waals surface area contributed by atoms with Gasteiger partial charge >= 0.3 is 12.2 Å². The molecular weight excluding hydrogens is 279 g/mol. The Morgan fingerprint density at radius 3 is 2.58 bits per heavy atom. The zero-order chi connectivity index (χ0) is 13.9. The highest BCUT2D eigenvalue weighted by molar-refractivity contribution is 7.71. The molecule has 0 aliphatic rings. The fraction of sp³-hybridized carbons (Fsp3) is 0.273. The minimum Gasteiger partial charge on any atom is -0.454 e. The lowest BCUT2D eigenvalue weighted by Gasteiger charge is -2.06. The molecule has 0 saturated carbocycles. The summed E-state index contributed by atoms with van der Waals surface area (Å²) in [6.07, 6.45) is -4.40. The van der Waals surface area contributed by atoms with Gasteiger partial charge in [-0.15, -0.1) is 0 Å². The number of alkyl halides is 3. The van der Waals surface area contributed by atoms with Gasteiger partial charge in [-0.25, -0.2) is 5.10 Å². The summed E-state index contributed by atoms with van der Waals surface area (Å²) in [5.74, 6) is 0. The number of benzene rings is 1. The van der Waals surface area contributed by atoms with E-state index in [2.05, 4.69) is 14.8 Å². The van der Waals surface area contributed by atoms with Crippen LogP contribution in [0.4, 0.5) is 13.2 Å². The standard InChI is InChI=1S/C11H10F3N3OS/c12-11(13,14)7-18-9-15-10(19)17(16-9)6-8-4-2-1-3-5-8/h1-5H,6-7H2,(H,15,16,19). The minimum absolute atomic E-state index is 0.140. The Kier molecular flexibility index (Phi) is 3.89. The van der Waals surface area contributed by atoms with Crippen molar-refractivity contribution in [1.29, 1.82) is 0 Å². The van der Waals surface area contributed by atoms with Crippen LogP contribution in [0.1, 0.15) is 5.56 Å². The van der Waals surface area contributed by atoms with Gasteiger partial charge in [-0.05, 0) is 17.8 Å². The van der Waals surface area contributed by atoms with Gasteiger partial charge in [0, 0.05) is 0 Å². The Morgan fingerprint density at radius 1 is 1.26 bits per heavy atom. The molecule has 1 aromatic heterocycles. The van der Waals surface area contributed by atoms with E-state index in [1.165, 1.54) is 4.68 Å². The largest absolute Gasteiger partial charge is 0.454 e. The summed E-state index contributed by atoms with van der Waals surface area (Å²) in [5, 5.41) is 2.58. The molecule has 1 aromatic carbocycles. The quantitative estimate of drug-likeness (QED) is 0.880. The van der Waals surface area contributed by atoms with Crippen molar-refractivity contribution >= 4 is 12.2 Å². The van der Waals surface area contributed by atoms with Crippen LogP contribution in [0.15, 0.2) is 30.3 Å². The van der Waals surface area contributed by atoms with Crippen LogP contribution < -0.4 is 4.74 Å². The van der Waals surface area contributed by atoms with Crippen LogP contribution in [-0.2, 0) is 6.54 Å². The molecule has 0 aliphatic carbocycles. The predicted molar refractivity (Wildman–Crippen MR) is 64.5 cm³/mol. The summed E-state index contributed by atoms with van der Waals surface area (Å²) in [6.45, 7) is -1.01. The Balaban J connectivity index is 2.07. The van der Waals surface area contributed by atoms with Gasteiger partial charge < -0.3 is 4.74 Å². The monoisotopic (exact) mass is 289 g/mol. The second-order valence-corrected chi connectivity index (χ2v) is 4.15. The van der Waals surface area contributed by atoms with Gasteiger partial charge in [-0.1, -0.05) is 30.3 Å². The molecule has 2 aromatic rings. The summed E-state index contributed by atoms with van der Waals surface area (Å²) in [5.41, 5.74) is 0.949. The van der Waals surface area contributed by atoms with E-state index >= 15 is 0 Å². The number of halogens is 3. The second kappa shape index (κ2) is 5.43. The SMILES string of the molecule is FC(F)(F)COc1nc(=S)n(Cc2ccccc2)[nH]1. The van der Waals surface area contributed by atoms with E-state index in [1.807, 2.05) is 30.3 Å². The smallest absolute Gasteiger partial charge is 0.422 e. The zero-order valence-electron chi connectivity index (χ0n) is 9.65. The molecule has 1 N–H and O–H groups in total. The van der Waals surface area contributed by atoms with Gasteiger partial charge in [0.1, 0.15) is 0 Å². The van der Waals surface area contributed by atoms with Crippen molar-refractivity contribution in [3.63, 3.8) is 0 Å². The van der Waals surface area contributed by atoms with Crippen molar-refractivity contribution in [2.45, 2.75) is 12.7 Å². The number of nitrogens with one attached hydrogen (secondary N) is 1. The first-order valence-corrected chi connectivity index (χ1v) is 5.75. The molecule has 2 rings (SSSR count). The lowest BCUT2D eigenvalue weighted by Crippen LogP contribution is -2.19. The molecule has 0 fully saturated rings. The maximum Gasteiger partial charge on any atom is 0.422 e. The van der Waals surface area contributed by atoms with Gasteiger partial charge in [0.05, 0.1) is 6.54 Å². The molecule has 1 heterocycles. The zero-order valence-corrected chi connectivity index (χ0v) is 10.5. The van der Waals surface area contributed by atoms with Crippen molar-refractivity contribution in [2.24, 2.45) is 0 Å². The fourth-order valence-electron chi connectivity index (χ4n) is 1.42. The number of hydrogen-bond donors (Lipinski definition) is 1. The third-order valence-electron chi connectivity index (χ3n) is 2.21. The van der Waals surface area contributed by atoms with E-state index < -0.39 is 12.8 Å². The van der Waals surface area contributed by atoms with Crippen LogP contribution in [0, 0.1) is 4.77 Å². The van der Waals surface area contributed by atoms with Crippen LogP contribution in [0.5, 0.6) is 6.01 Å². The topological polar surface area (TPSA) is 42.8 Å². The minimum atomic E-state index is -4.40. The first-order chi connectivity index (χ1) is 8.94. The van der Waals surface area contributed by atoms with Gasteiger partial charge in [0.15, 0.2) is 6.61 Å². The molecule has 19 heavy (non-hydrogen) atoms. The maximum absolute atomic E-state index is 12.0. The number of H-pyrrole nitrogens is 1. The van der Waals surface area contributed by atoms with Gasteiger partial charge in [0.2, 0.25) is 4.77 Å². The molecule has 0 spiro atoms. The average molecular weight is 289 g/mol. The first kappa shape index (κ1) is 13.6. The van der Waals surface area contributed by atoms with Crippen molar-refractivity contribution in [1.82, 2.24) is 14.8 Å². The molecule has 0 atom stereocenters. The number of aromatic nitrogens is 3. The fourth-order valence-corrected chi connectivity index (χ4v) is 1.62. The van der Waals surface area contributed by atoms with Crippen molar-refractivity contribution < 1.29 is 17.9 Å². The molecule has 0 saturated heterocycles. The summed E-state index contributed by atoms with van der Waals surface area (Å²) >= 11 is 4.94. The number of aromatic amines is 1. The number of hydrogen-bond acceptors (Lipinski definition) is 3. The Labute approximate surface area is 111 Å². The molecule has 0 aliphatic heterocycles. The highest BCUT2D eigenvalue weighted by atomic mass is 32.1. The molecule has 0 amide bonds. The molecule has 0 bridgehead atoms. The lowest BCUT2D eigenvalue weighted by molar-refractivity contribution is -0.154. The highest BCUT2D eigenvalue weighted by Crippen LogP contribution is 2.16. The van der Waals surface area contributed by atoms with Crippen LogP contribution >= 0.6 is 12.2 Å². The Hall–Kier alpha value is -1.83. The second-order valence-electron chi connectivity index (χ2n) is 3.79. The maximum atomic E-state index is 12.0. The van der Waals surface area contributed by atoms with Gasteiger partial charge in [-0.2, -0.15) is 18.2 Å². The summed E-state index contributed by atoms with van der Waals surface area (Å²) in [7, 11) is 0. The van der Waals surface area contributed by atoms with E-state index in [0.717, 1.165) is 5.56 Å². The average Bonchev–Trinajstić information content (AvgIpc) is 2.68. The van der Waals surface area contributed by atoms with Crippen LogP contribution in [0.3, 0.4) is 0 Å². The first-order valence-electron chi connectivity index (χ1n) is 5.34. The van der Waals surface area contributed by atoms with E-state index in [-0.39, 0.29) is 10.8 Å². The van der Waals surface area contributed by atoms with E-state index in [4.69, 9.17) is 12.2 Å². The van der Waals surface area contributed by atoms with Crippen molar-refractivity contribution in [3.05, 3.63) is 40.7 Å². The number of nitrogens with zero attached hydrogens (tertiary/aromatic N) is 2. The summed E-state index contributed by atoms with van der Waals surface area (Å²) in [6, 6.07) is 9.09. The summed E-state index contributed by atoms with van der Waals surface area (Å²) in [4.78, 5) is 3.71. The van der Waals surface area contributed by atoms with Crippen molar-refractivity contribution in [3.8, 4) is 6.01 Å². The number of rotatable bonds is 4. The third kappa shape index (κ3) is 4.09. The van der Waals surface area contributed by atoms with Gasteiger partial charge in [-0.3, -0.25) is 4.68 Å². The van der Waals surface area contributed by atoms with E-state index in [1.54, 1.807) is 0 Å². The van der Waals surface area contributed by atoms with Crippen LogP contribution in [0.2, 0.25) is 0 Å². The van der Waals surface area contributed by atoms with Gasteiger partial charge in [0.25, 0.3) is 0 Å². The predicted octanol–water partition coefficient (Wildman–Crippen LogP) is 2.93. The molecule has 0 radical (unpaired) electrons. The third-order valence-corrected chi connectivity index (χ3v) is 2.53. The summed E-state index contributed by atoms with van der Waals surface area (Å²) < 4.78 is 42.1. The normalized spacial score (nSPS) is 11.5. The highest BCUT2D eigenvalue weighted by Gasteiger charge is 2.29. The lowest BCUT2D eigenvalue weighted by atomic mass is 10.2. The van der Waals surface area contributed by atoms with Crippen LogP contribution in [-0.4, -0.2) is 27.5 Å². The van der Waals surface area contributed by atoms with E-state index in [9.17, 15) is 13.2 Å². The Morgan fingerprint density at radius 2 is 1.95 bits per heavy atom. The van der Waals surface area contributed by atoms with Crippen LogP contribution in [0.25, 0.3) is 0 Å². The van der Waals surface area contributed by atoms with E-state index in [0.29, 0.717) is 6.54 Å².